The highest BCUT2D eigenvalue weighted by atomic mass is 19.4. The first kappa shape index (κ1) is 14.3. The molecule has 0 aliphatic rings. The van der Waals surface area contributed by atoms with Crippen LogP contribution in [0.4, 0.5) is 13.2 Å². The Hall–Kier alpha value is -2.15. The molecule has 1 N–H and O–H groups in total. The quantitative estimate of drug-likeness (QED) is 0.938. The molecule has 0 aliphatic carbocycles. The van der Waals surface area contributed by atoms with Crippen LogP contribution in [0.3, 0.4) is 0 Å². The van der Waals surface area contributed by atoms with E-state index in [1.165, 1.54) is 0 Å². The van der Waals surface area contributed by atoms with Crippen molar-refractivity contribution in [2.75, 3.05) is 6.61 Å². The van der Waals surface area contributed by atoms with Crippen LogP contribution in [0, 0.1) is 0 Å². The monoisotopic (exact) mass is 284 g/mol. The predicted molar refractivity (Wildman–Crippen MR) is 64.3 cm³/mol. The number of benzene rings is 1. The van der Waals surface area contributed by atoms with Crippen molar-refractivity contribution in [3.63, 3.8) is 0 Å². The predicted octanol–water partition coefficient (Wildman–Crippen LogP) is 2.82. The number of aliphatic hydroxyl groups is 1. The second-order valence-corrected chi connectivity index (χ2v) is 3.96. The maximum absolute atomic E-state index is 12.3. The van der Waals surface area contributed by atoms with Gasteiger partial charge in [0.25, 0.3) is 0 Å². The molecule has 1 aromatic carbocycles. The summed E-state index contributed by atoms with van der Waals surface area (Å²) in [6.07, 6.45) is -2.09. The molecule has 2 aromatic rings. The van der Waals surface area contributed by atoms with E-state index < -0.39 is 12.0 Å². The Morgan fingerprint density at radius 2 is 1.60 bits per heavy atom. The van der Waals surface area contributed by atoms with Gasteiger partial charge in [0, 0.05) is 6.61 Å². The maximum Gasteiger partial charge on any atom is 0.451 e. The molecular formula is C13H11F3N2O2. The molecule has 0 unspecified atom stereocenters. The van der Waals surface area contributed by atoms with Crippen molar-refractivity contribution in [2.24, 2.45) is 0 Å². The van der Waals surface area contributed by atoms with Crippen LogP contribution < -0.4 is 4.74 Å². The van der Waals surface area contributed by atoms with Crippen LogP contribution >= 0.6 is 0 Å². The van der Waals surface area contributed by atoms with E-state index in [0.29, 0.717) is 12.2 Å². The fourth-order valence-corrected chi connectivity index (χ4v) is 1.50. The number of halogens is 3. The van der Waals surface area contributed by atoms with Crippen molar-refractivity contribution in [2.45, 2.75) is 12.6 Å². The SMILES string of the molecule is OCCc1ccc(Oc2cnc(C(F)(F)F)nc2)cc1. The first-order valence-corrected chi connectivity index (χ1v) is 5.76. The summed E-state index contributed by atoms with van der Waals surface area (Å²) >= 11 is 0. The van der Waals surface area contributed by atoms with Crippen LogP contribution in [0.2, 0.25) is 0 Å². The van der Waals surface area contributed by atoms with Gasteiger partial charge in [0.2, 0.25) is 5.82 Å². The number of aliphatic hydroxyl groups excluding tert-OH is 1. The molecular weight excluding hydrogens is 273 g/mol. The number of nitrogens with zero attached hydrogens (tertiary/aromatic N) is 2. The lowest BCUT2D eigenvalue weighted by Crippen LogP contribution is -2.10. The zero-order valence-corrected chi connectivity index (χ0v) is 10.3. The lowest BCUT2D eigenvalue weighted by Gasteiger charge is -2.07. The fourth-order valence-electron chi connectivity index (χ4n) is 1.50. The fraction of sp³-hybridized carbons (Fsp3) is 0.231. The van der Waals surface area contributed by atoms with E-state index in [-0.39, 0.29) is 12.4 Å². The molecule has 7 heteroatoms. The van der Waals surface area contributed by atoms with Gasteiger partial charge in [0.05, 0.1) is 12.4 Å². The van der Waals surface area contributed by atoms with Gasteiger partial charge in [-0.2, -0.15) is 13.2 Å². The molecule has 0 amide bonds. The normalized spacial score (nSPS) is 11.4. The Kier molecular flexibility index (Phi) is 4.19. The van der Waals surface area contributed by atoms with Crippen LogP contribution in [0.1, 0.15) is 11.4 Å². The number of alkyl halides is 3. The summed E-state index contributed by atoms with van der Waals surface area (Å²) in [5.74, 6) is -0.633. The molecule has 20 heavy (non-hydrogen) atoms. The zero-order valence-electron chi connectivity index (χ0n) is 10.3. The van der Waals surface area contributed by atoms with Gasteiger partial charge in [-0.05, 0) is 24.1 Å². The van der Waals surface area contributed by atoms with Gasteiger partial charge < -0.3 is 9.84 Å². The van der Waals surface area contributed by atoms with Gasteiger partial charge in [-0.15, -0.1) is 0 Å². The lowest BCUT2D eigenvalue weighted by molar-refractivity contribution is -0.145. The molecule has 0 fully saturated rings. The number of aromatic nitrogens is 2. The first-order valence-electron chi connectivity index (χ1n) is 5.76. The van der Waals surface area contributed by atoms with E-state index in [9.17, 15) is 13.2 Å². The Bertz CT molecular complexity index is 553. The third-order valence-electron chi connectivity index (χ3n) is 2.44. The van der Waals surface area contributed by atoms with E-state index in [1.807, 2.05) is 0 Å². The van der Waals surface area contributed by atoms with Gasteiger partial charge in [-0.1, -0.05) is 12.1 Å². The van der Waals surface area contributed by atoms with Crippen molar-refractivity contribution >= 4 is 0 Å². The van der Waals surface area contributed by atoms with Gasteiger partial charge in [-0.25, -0.2) is 9.97 Å². The summed E-state index contributed by atoms with van der Waals surface area (Å²) in [5.41, 5.74) is 0.934. The molecule has 4 nitrogen and oxygen atoms in total. The van der Waals surface area contributed by atoms with Crippen LogP contribution in [0.25, 0.3) is 0 Å². The lowest BCUT2D eigenvalue weighted by atomic mass is 10.1. The second-order valence-electron chi connectivity index (χ2n) is 3.96. The first-order chi connectivity index (χ1) is 9.49. The minimum Gasteiger partial charge on any atom is -0.454 e. The zero-order chi connectivity index (χ0) is 14.6. The summed E-state index contributed by atoms with van der Waals surface area (Å²) < 4.78 is 42.2. The highest BCUT2D eigenvalue weighted by molar-refractivity contribution is 5.31. The average Bonchev–Trinajstić information content (AvgIpc) is 2.41. The van der Waals surface area contributed by atoms with E-state index in [0.717, 1.165) is 18.0 Å². The van der Waals surface area contributed by atoms with Crippen molar-refractivity contribution in [1.29, 1.82) is 0 Å². The van der Waals surface area contributed by atoms with Gasteiger partial charge >= 0.3 is 6.18 Å². The maximum atomic E-state index is 12.3. The number of rotatable bonds is 4. The number of hydrogen-bond donors (Lipinski definition) is 1. The van der Waals surface area contributed by atoms with Crippen LogP contribution in [-0.4, -0.2) is 21.7 Å². The van der Waals surface area contributed by atoms with Crippen molar-refractivity contribution in [1.82, 2.24) is 9.97 Å². The van der Waals surface area contributed by atoms with Gasteiger partial charge in [0.1, 0.15) is 5.75 Å². The summed E-state index contributed by atoms with van der Waals surface area (Å²) in [4.78, 5) is 6.40. The van der Waals surface area contributed by atoms with Gasteiger partial charge in [0.15, 0.2) is 5.75 Å². The van der Waals surface area contributed by atoms with E-state index in [1.54, 1.807) is 24.3 Å². The standard InChI is InChI=1S/C13H11F3N2O2/c14-13(15,16)12-17-7-11(8-18-12)20-10-3-1-9(2-4-10)5-6-19/h1-4,7-8,19H,5-6H2. The topological polar surface area (TPSA) is 55.2 Å². The van der Waals surface area contributed by atoms with E-state index in [4.69, 9.17) is 9.84 Å². The summed E-state index contributed by atoms with van der Waals surface area (Å²) in [6.45, 7) is 0.0486. The third-order valence-corrected chi connectivity index (χ3v) is 2.44. The van der Waals surface area contributed by atoms with Crippen LogP contribution in [0.5, 0.6) is 11.5 Å². The van der Waals surface area contributed by atoms with Crippen molar-refractivity contribution in [3.8, 4) is 11.5 Å². The third kappa shape index (κ3) is 3.67. The summed E-state index contributed by atoms with van der Waals surface area (Å²) in [7, 11) is 0. The van der Waals surface area contributed by atoms with Crippen LogP contribution in [0.15, 0.2) is 36.7 Å². The second kappa shape index (κ2) is 5.87. The number of ether oxygens (including phenoxy) is 1. The molecule has 0 radical (unpaired) electrons. The van der Waals surface area contributed by atoms with E-state index in [2.05, 4.69) is 9.97 Å². The highest BCUT2D eigenvalue weighted by Crippen LogP contribution is 2.27. The summed E-state index contributed by atoms with van der Waals surface area (Å²) in [5, 5.41) is 8.78. The molecule has 0 aliphatic heterocycles. The molecule has 1 heterocycles. The molecule has 0 saturated carbocycles. The molecule has 0 saturated heterocycles. The molecule has 1 aromatic heterocycles. The Balaban J connectivity index is 2.06. The molecule has 2 rings (SSSR count). The highest BCUT2D eigenvalue weighted by Gasteiger charge is 2.34. The van der Waals surface area contributed by atoms with Gasteiger partial charge in [-0.3, -0.25) is 0 Å². The largest absolute Gasteiger partial charge is 0.454 e. The Labute approximate surface area is 112 Å². The van der Waals surface area contributed by atoms with Crippen LogP contribution in [-0.2, 0) is 12.6 Å². The molecule has 106 valence electrons. The summed E-state index contributed by atoms with van der Waals surface area (Å²) in [6, 6.07) is 6.83. The smallest absolute Gasteiger partial charge is 0.451 e. The molecule has 0 bridgehead atoms. The number of hydrogen-bond acceptors (Lipinski definition) is 4. The average molecular weight is 284 g/mol. The molecule has 0 atom stereocenters. The minimum absolute atomic E-state index is 0.0486. The minimum atomic E-state index is -4.57. The Morgan fingerprint density at radius 1 is 1.00 bits per heavy atom. The van der Waals surface area contributed by atoms with E-state index >= 15 is 0 Å². The Morgan fingerprint density at radius 3 is 2.10 bits per heavy atom. The molecule has 0 spiro atoms. The van der Waals surface area contributed by atoms with Crippen molar-refractivity contribution in [3.05, 3.63) is 48.0 Å². The van der Waals surface area contributed by atoms with Crippen molar-refractivity contribution < 1.29 is 23.0 Å².